The van der Waals surface area contributed by atoms with E-state index in [2.05, 4.69) is 21.4 Å². The van der Waals surface area contributed by atoms with Crippen LogP contribution in [0.5, 0.6) is 0 Å². The number of halogens is 4. The summed E-state index contributed by atoms with van der Waals surface area (Å²) >= 11 is 2.99. The Morgan fingerprint density at radius 1 is 1.10 bits per heavy atom. The minimum Gasteiger partial charge on any atom is -0.287 e. The van der Waals surface area contributed by atoms with E-state index >= 15 is 0 Å². The van der Waals surface area contributed by atoms with Crippen molar-refractivity contribution in [2.75, 3.05) is 5.43 Å². The molecule has 0 aliphatic carbocycles. The van der Waals surface area contributed by atoms with E-state index < -0.39 is 23.6 Å². The number of anilines is 1. The molecular formula is C13H10BrF3N2O2. The minimum absolute atomic E-state index is 0.0973. The van der Waals surface area contributed by atoms with Gasteiger partial charge < -0.3 is 0 Å². The lowest BCUT2D eigenvalue weighted by molar-refractivity contribution is -0.138. The van der Waals surface area contributed by atoms with Crippen molar-refractivity contribution < 1.29 is 22.8 Å². The Balaban J connectivity index is 2.27. The number of nitrogens with one attached hydrogen (secondary N) is 1. The van der Waals surface area contributed by atoms with E-state index in [9.17, 15) is 22.8 Å². The molecule has 1 heterocycles. The van der Waals surface area contributed by atoms with E-state index in [-0.39, 0.29) is 10.2 Å². The van der Waals surface area contributed by atoms with Crippen molar-refractivity contribution in [3.8, 4) is 0 Å². The Kier molecular flexibility index (Phi) is 3.83. The normalized spacial score (nSPS) is 16.0. The highest BCUT2D eigenvalue weighted by atomic mass is 79.9. The molecule has 2 rings (SSSR count). The van der Waals surface area contributed by atoms with Crippen LogP contribution in [0.2, 0.25) is 0 Å². The topological polar surface area (TPSA) is 49.4 Å². The van der Waals surface area contributed by atoms with Gasteiger partial charge in [-0.25, -0.2) is 0 Å². The second kappa shape index (κ2) is 5.18. The number of carbonyl (C=O) groups is 2. The third-order valence-electron chi connectivity index (χ3n) is 3.14. The van der Waals surface area contributed by atoms with Gasteiger partial charge in [0.25, 0.3) is 11.8 Å². The van der Waals surface area contributed by atoms with E-state index in [1.54, 1.807) is 0 Å². The number of nitrogens with zero attached hydrogens (tertiary/aromatic N) is 1. The van der Waals surface area contributed by atoms with E-state index in [0.717, 1.165) is 23.2 Å². The van der Waals surface area contributed by atoms with E-state index in [4.69, 9.17) is 0 Å². The van der Waals surface area contributed by atoms with Gasteiger partial charge in [-0.3, -0.25) is 15.0 Å². The fourth-order valence-electron chi connectivity index (χ4n) is 1.75. The SMILES string of the molecule is CC1=C(C)C(=O)N(Nc2ccc(C(F)(F)F)cc2Br)C1=O. The van der Waals surface area contributed by atoms with Gasteiger partial charge in [0.15, 0.2) is 0 Å². The van der Waals surface area contributed by atoms with Crippen LogP contribution in [0, 0.1) is 0 Å². The molecule has 0 spiro atoms. The van der Waals surface area contributed by atoms with Gasteiger partial charge >= 0.3 is 6.18 Å². The Bertz CT molecular complexity index is 644. The fourth-order valence-corrected chi connectivity index (χ4v) is 2.22. The van der Waals surface area contributed by atoms with Gasteiger partial charge in [-0.15, -0.1) is 0 Å². The molecule has 0 saturated carbocycles. The van der Waals surface area contributed by atoms with Crippen LogP contribution in [0.15, 0.2) is 33.8 Å². The lowest BCUT2D eigenvalue weighted by Gasteiger charge is -2.19. The largest absolute Gasteiger partial charge is 0.416 e. The van der Waals surface area contributed by atoms with Crippen LogP contribution < -0.4 is 5.43 Å². The van der Waals surface area contributed by atoms with Gasteiger partial charge in [0.05, 0.1) is 11.3 Å². The lowest BCUT2D eigenvalue weighted by Crippen LogP contribution is -2.37. The molecule has 2 amide bonds. The second-order valence-electron chi connectivity index (χ2n) is 4.50. The monoisotopic (exact) mass is 362 g/mol. The number of alkyl halides is 3. The van der Waals surface area contributed by atoms with Crippen LogP contribution >= 0.6 is 15.9 Å². The van der Waals surface area contributed by atoms with E-state index in [1.807, 2.05) is 0 Å². The zero-order valence-electron chi connectivity index (χ0n) is 11.0. The third-order valence-corrected chi connectivity index (χ3v) is 3.80. The molecule has 112 valence electrons. The zero-order chi connectivity index (χ0) is 15.9. The molecule has 1 aliphatic heterocycles. The molecule has 1 aromatic carbocycles. The van der Waals surface area contributed by atoms with Gasteiger partial charge in [-0.05, 0) is 48.0 Å². The lowest BCUT2D eigenvalue weighted by atomic mass is 10.2. The van der Waals surface area contributed by atoms with Crippen LogP contribution in [0.3, 0.4) is 0 Å². The summed E-state index contributed by atoms with van der Waals surface area (Å²) in [7, 11) is 0. The highest BCUT2D eigenvalue weighted by Gasteiger charge is 2.35. The highest BCUT2D eigenvalue weighted by Crippen LogP contribution is 2.34. The summed E-state index contributed by atoms with van der Waals surface area (Å²) < 4.78 is 37.8. The first-order valence-electron chi connectivity index (χ1n) is 5.82. The molecule has 0 atom stereocenters. The van der Waals surface area contributed by atoms with Crippen LogP contribution in [0.4, 0.5) is 18.9 Å². The average molecular weight is 363 g/mol. The van der Waals surface area contributed by atoms with Crippen LogP contribution in [-0.2, 0) is 15.8 Å². The number of hydrazine groups is 1. The molecule has 0 saturated heterocycles. The standard InChI is InChI=1S/C13H10BrF3N2O2/c1-6-7(2)12(21)19(11(6)20)18-10-4-3-8(5-9(10)14)13(15,16)17/h3-5,18H,1-2H3. The molecule has 1 aliphatic rings. The van der Waals surface area contributed by atoms with Crippen molar-refractivity contribution in [1.29, 1.82) is 0 Å². The number of carbonyl (C=O) groups excluding carboxylic acids is 2. The van der Waals surface area contributed by atoms with Crippen molar-refractivity contribution in [1.82, 2.24) is 5.01 Å². The van der Waals surface area contributed by atoms with Gasteiger partial charge in [0, 0.05) is 15.6 Å². The molecule has 0 aromatic heterocycles. The van der Waals surface area contributed by atoms with Gasteiger partial charge in [0.2, 0.25) is 0 Å². The fraction of sp³-hybridized carbons (Fsp3) is 0.231. The average Bonchev–Trinajstić information content (AvgIpc) is 2.57. The smallest absolute Gasteiger partial charge is 0.287 e. The summed E-state index contributed by atoms with van der Waals surface area (Å²) in [5, 5.41) is 0.776. The van der Waals surface area contributed by atoms with Crippen molar-refractivity contribution in [3.05, 3.63) is 39.4 Å². The Morgan fingerprint density at radius 3 is 2.05 bits per heavy atom. The minimum atomic E-state index is -4.46. The van der Waals surface area contributed by atoms with Crippen molar-refractivity contribution in [3.63, 3.8) is 0 Å². The maximum atomic E-state index is 12.6. The maximum absolute atomic E-state index is 12.6. The Morgan fingerprint density at radius 2 is 1.62 bits per heavy atom. The maximum Gasteiger partial charge on any atom is 0.416 e. The summed E-state index contributed by atoms with van der Waals surface area (Å²) in [5.41, 5.74) is 2.49. The molecule has 0 bridgehead atoms. The number of imide groups is 1. The van der Waals surface area contributed by atoms with Gasteiger partial charge in [-0.2, -0.15) is 18.2 Å². The first-order valence-corrected chi connectivity index (χ1v) is 6.62. The first kappa shape index (κ1) is 15.6. The second-order valence-corrected chi connectivity index (χ2v) is 5.35. The van der Waals surface area contributed by atoms with Gasteiger partial charge in [0.1, 0.15) is 0 Å². The summed E-state index contributed by atoms with van der Waals surface area (Å²) in [6.45, 7) is 3.03. The summed E-state index contributed by atoms with van der Waals surface area (Å²) in [6.07, 6.45) is -4.46. The van der Waals surface area contributed by atoms with Gasteiger partial charge in [-0.1, -0.05) is 0 Å². The molecule has 0 fully saturated rings. The Hall–Kier alpha value is -1.83. The molecule has 1 N–H and O–H groups in total. The number of hydrogen-bond acceptors (Lipinski definition) is 3. The number of hydrogen-bond donors (Lipinski definition) is 1. The Labute approximate surface area is 126 Å². The van der Waals surface area contributed by atoms with Crippen molar-refractivity contribution in [2.45, 2.75) is 20.0 Å². The number of rotatable bonds is 2. The quantitative estimate of drug-likeness (QED) is 0.819. The van der Waals surface area contributed by atoms with Crippen LogP contribution in [-0.4, -0.2) is 16.8 Å². The highest BCUT2D eigenvalue weighted by molar-refractivity contribution is 9.10. The van der Waals surface area contributed by atoms with Crippen molar-refractivity contribution >= 4 is 33.4 Å². The zero-order valence-corrected chi connectivity index (χ0v) is 12.6. The molecule has 4 nitrogen and oxygen atoms in total. The summed E-state index contributed by atoms with van der Waals surface area (Å²) in [6, 6.07) is 2.89. The predicted molar refractivity (Wildman–Crippen MR) is 73.0 cm³/mol. The molecule has 1 aromatic rings. The molecule has 8 heteroatoms. The van der Waals surface area contributed by atoms with Crippen LogP contribution in [0.1, 0.15) is 19.4 Å². The summed E-state index contributed by atoms with van der Waals surface area (Å²) in [4.78, 5) is 23.7. The molecule has 0 radical (unpaired) electrons. The van der Waals surface area contributed by atoms with E-state index in [0.29, 0.717) is 11.1 Å². The number of benzene rings is 1. The number of amides is 2. The predicted octanol–water partition coefficient (Wildman–Crippen LogP) is 3.50. The van der Waals surface area contributed by atoms with Crippen molar-refractivity contribution in [2.24, 2.45) is 0 Å². The summed E-state index contributed by atoms with van der Waals surface area (Å²) in [5.74, 6) is -1.05. The third kappa shape index (κ3) is 2.80. The van der Waals surface area contributed by atoms with Crippen LogP contribution in [0.25, 0.3) is 0 Å². The first-order chi connectivity index (χ1) is 9.62. The molecular weight excluding hydrogens is 353 g/mol. The van der Waals surface area contributed by atoms with E-state index in [1.165, 1.54) is 13.8 Å². The molecule has 21 heavy (non-hydrogen) atoms. The molecule has 0 unspecified atom stereocenters.